The number of nitrogens with zero attached hydrogens (tertiary/aromatic N) is 5. The van der Waals surface area contributed by atoms with Crippen LogP contribution in [0.3, 0.4) is 0 Å². The number of carbonyl (C=O) groups is 1. The van der Waals surface area contributed by atoms with Gasteiger partial charge in [0.15, 0.2) is 5.69 Å². The molecular weight excluding hydrogens is 334 g/mol. The number of hydrogen-bond acceptors (Lipinski definition) is 7. The van der Waals surface area contributed by atoms with Gasteiger partial charge in [-0.1, -0.05) is 19.0 Å². The van der Waals surface area contributed by atoms with Gasteiger partial charge in [-0.2, -0.15) is 0 Å². The average Bonchev–Trinajstić information content (AvgIpc) is 3.18. The van der Waals surface area contributed by atoms with E-state index in [9.17, 15) is 4.79 Å². The molecule has 0 aromatic carbocycles. The van der Waals surface area contributed by atoms with Gasteiger partial charge in [-0.25, -0.2) is 9.97 Å². The molecule has 2 aromatic rings. The summed E-state index contributed by atoms with van der Waals surface area (Å²) in [7, 11) is 0. The quantitative estimate of drug-likeness (QED) is 0.825. The summed E-state index contributed by atoms with van der Waals surface area (Å²) in [6, 6.07) is 1.74. The summed E-state index contributed by atoms with van der Waals surface area (Å²) in [5.41, 5.74) is 2.52. The van der Waals surface area contributed by atoms with Gasteiger partial charge >= 0.3 is 0 Å². The molecule has 1 amide bonds. The van der Waals surface area contributed by atoms with Crippen molar-refractivity contribution in [3.63, 3.8) is 0 Å². The Morgan fingerprint density at radius 1 is 1.23 bits per heavy atom. The zero-order chi connectivity index (χ0) is 18.1. The predicted molar refractivity (Wildman–Crippen MR) is 94.1 cm³/mol. The molecule has 1 saturated heterocycles. The van der Waals surface area contributed by atoms with Crippen LogP contribution >= 0.6 is 0 Å². The third kappa shape index (κ3) is 3.29. The largest absolute Gasteiger partial charge is 0.376 e. The first-order chi connectivity index (χ1) is 12.6. The Morgan fingerprint density at radius 2 is 2.04 bits per heavy atom. The number of rotatable bonds is 3. The molecule has 0 radical (unpaired) electrons. The highest BCUT2D eigenvalue weighted by Crippen LogP contribution is 2.20. The van der Waals surface area contributed by atoms with Crippen LogP contribution in [0, 0.1) is 0 Å². The second-order valence-electron chi connectivity index (χ2n) is 6.99. The van der Waals surface area contributed by atoms with E-state index in [-0.39, 0.29) is 11.8 Å². The van der Waals surface area contributed by atoms with E-state index >= 15 is 0 Å². The maximum Gasteiger partial charge on any atom is 0.276 e. The number of fused-ring (bicyclic) bond motifs is 1. The molecule has 0 aliphatic carbocycles. The Bertz CT molecular complexity index is 796. The van der Waals surface area contributed by atoms with Crippen molar-refractivity contribution in [1.29, 1.82) is 0 Å². The molecule has 8 heteroatoms. The van der Waals surface area contributed by atoms with Gasteiger partial charge in [-0.15, -0.1) is 0 Å². The molecule has 8 nitrogen and oxygen atoms in total. The lowest BCUT2D eigenvalue weighted by Crippen LogP contribution is -2.49. The van der Waals surface area contributed by atoms with Crippen molar-refractivity contribution >= 4 is 11.9 Å². The van der Waals surface area contributed by atoms with Crippen molar-refractivity contribution in [1.82, 2.24) is 20.0 Å². The Hall–Kier alpha value is -2.48. The zero-order valence-corrected chi connectivity index (χ0v) is 15.1. The number of aromatic nitrogens is 3. The second-order valence-corrected chi connectivity index (χ2v) is 6.99. The van der Waals surface area contributed by atoms with Crippen LogP contribution in [0.25, 0.3) is 0 Å². The van der Waals surface area contributed by atoms with Crippen LogP contribution in [0.4, 0.5) is 5.95 Å². The van der Waals surface area contributed by atoms with Gasteiger partial charge in [-0.05, 0) is 0 Å². The molecule has 1 fully saturated rings. The Morgan fingerprint density at radius 3 is 2.77 bits per heavy atom. The van der Waals surface area contributed by atoms with E-state index < -0.39 is 0 Å². The highest BCUT2D eigenvalue weighted by molar-refractivity contribution is 5.92. The number of carbonyl (C=O) groups excluding carboxylic acids is 1. The molecule has 4 rings (SSSR count). The van der Waals surface area contributed by atoms with Crippen LogP contribution in [-0.2, 0) is 17.8 Å². The smallest absolute Gasteiger partial charge is 0.276 e. The van der Waals surface area contributed by atoms with Crippen molar-refractivity contribution < 1.29 is 14.1 Å². The van der Waals surface area contributed by atoms with Gasteiger partial charge in [-0.3, -0.25) is 4.79 Å². The molecule has 26 heavy (non-hydrogen) atoms. The number of hydrogen-bond donors (Lipinski definition) is 0. The van der Waals surface area contributed by atoms with E-state index in [0.717, 1.165) is 29.4 Å². The molecule has 4 heterocycles. The maximum absolute atomic E-state index is 12.6. The van der Waals surface area contributed by atoms with Crippen molar-refractivity contribution in [3.05, 3.63) is 35.0 Å². The van der Waals surface area contributed by atoms with Crippen LogP contribution < -0.4 is 4.90 Å². The van der Waals surface area contributed by atoms with E-state index in [2.05, 4.69) is 15.0 Å². The summed E-state index contributed by atoms with van der Waals surface area (Å²) in [6.45, 7) is 7.97. The fourth-order valence-corrected chi connectivity index (χ4v) is 3.21. The third-order valence-corrected chi connectivity index (χ3v) is 4.85. The lowest BCUT2D eigenvalue weighted by molar-refractivity contribution is 0.0735. The van der Waals surface area contributed by atoms with Gasteiger partial charge in [0.05, 0.1) is 18.9 Å². The minimum absolute atomic E-state index is 0.0798. The van der Waals surface area contributed by atoms with Gasteiger partial charge < -0.3 is 19.1 Å². The highest BCUT2D eigenvalue weighted by atomic mass is 16.5. The Kier molecular flexibility index (Phi) is 4.58. The van der Waals surface area contributed by atoms with Gasteiger partial charge in [0.2, 0.25) is 5.95 Å². The molecule has 0 N–H and O–H groups in total. The third-order valence-electron chi connectivity index (χ3n) is 4.85. The monoisotopic (exact) mass is 357 g/mol. The number of anilines is 1. The molecule has 0 atom stereocenters. The normalized spacial score (nSPS) is 17.5. The average molecular weight is 357 g/mol. The van der Waals surface area contributed by atoms with Gasteiger partial charge in [0.1, 0.15) is 5.76 Å². The fourth-order valence-electron chi connectivity index (χ4n) is 3.21. The summed E-state index contributed by atoms with van der Waals surface area (Å²) in [4.78, 5) is 25.7. The number of piperazine rings is 1. The van der Waals surface area contributed by atoms with E-state index in [1.54, 1.807) is 6.07 Å². The van der Waals surface area contributed by atoms with Crippen LogP contribution in [0.2, 0.25) is 0 Å². The minimum atomic E-state index is -0.0798. The topological polar surface area (TPSA) is 84.6 Å². The standard InChI is InChI=1S/C18H23N5O3/c1-12(2)16-9-15(21-26-16)17(24)22-4-6-23(7-5-22)18-19-10-13-11-25-8-3-14(13)20-18/h9-10,12H,3-8,11H2,1-2H3. The summed E-state index contributed by atoms with van der Waals surface area (Å²) < 4.78 is 10.7. The molecule has 2 aromatic heterocycles. The van der Waals surface area contributed by atoms with E-state index in [0.29, 0.717) is 45.1 Å². The van der Waals surface area contributed by atoms with Crippen molar-refractivity contribution in [2.24, 2.45) is 0 Å². The molecule has 0 bridgehead atoms. The second kappa shape index (κ2) is 7.03. The summed E-state index contributed by atoms with van der Waals surface area (Å²) in [5, 5.41) is 3.92. The molecule has 0 spiro atoms. The fraction of sp³-hybridized carbons (Fsp3) is 0.556. The van der Waals surface area contributed by atoms with Crippen molar-refractivity contribution in [3.8, 4) is 0 Å². The summed E-state index contributed by atoms with van der Waals surface area (Å²) >= 11 is 0. The summed E-state index contributed by atoms with van der Waals surface area (Å²) in [6.07, 6.45) is 2.69. The van der Waals surface area contributed by atoms with Gasteiger partial charge in [0.25, 0.3) is 5.91 Å². The number of amides is 1. The van der Waals surface area contributed by atoms with Crippen LogP contribution in [0.5, 0.6) is 0 Å². The molecule has 0 saturated carbocycles. The van der Waals surface area contributed by atoms with Crippen molar-refractivity contribution in [2.45, 2.75) is 32.8 Å². The Labute approximate surface area is 152 Å². The number of ether oxygens (including phenoxy) is 1. The predicted octanol–water partition coefficient (Wildman–Crippen LogP) is 1.62. The SMILES string of the molecule is CC(C)c1cc(C(=O)N2CCN(c3ncc4c(n3)CCOC4)CC2)no1. The molecular formula is C18H23N5O3. The van der Waals surface area contributed by atoms with Crippen LogP contribution in [0.15, 0.2) is 16.8 Å². The Balaban J connectivity index is 1.40. The summed E-state index contributed by atoms with van der Waals surface area (Å²) in [5.74, 6) is 1.61. The first-order valence-corrected chi connectivity index (χ1v) is 9.05. The molecule has 138 valence electrons. The van der Waals surface area contributed by atoms with Crippen molar-refractivity contribution in [2.75, 3.05) is 37.7 Å². The van der Waals surface area contributed by atoms with Gasteiger partial charge in [0, 0.05) is 56.3 Å². The lowest BCUT2D eigenvalue weighted by atomic mass is 10.1. The van der Waals surface area contributed by atoms with E-state index in [4.69, 9.17) is 14.2 Å². The molecule has 0 unspecified atom stereocenters. The minimum Gasteiger partial charge on any atom is -0.376 e. The molecule has 2 aliphatic heterocycles. The first-order valence-electron chi connectivity index (χ1n) is 9.05. The molecule has 2 aliphatic rings. The zero-order valence-electron chi connectivity index (χ0n) is 15.1. The van der Waals surface area contributed by atoms with E-state index in [1.807, 2.05) is 24.9 Å². The first kappa shape index (κ1) is 17.0. The lowest BCUT2D eigenvalue weighted by Gasteiger charge is -2.34. The van der Waals surface area contributed by atoms with E-state index in [1.165, 1.54) is 0 Å². The highest BCUT2D eigenvalue weighted by Gasteiger charge is 2.26. The maximum atomic E-state index is 12.6. The van der Waals surface area contributed by atoms with Crippen LogP contribution in [0.1, 0.15) is 47.3 Å². The van der Waals surface area contributed by atoms with Crippen LogP contribution in [-0.4, -0.2) is 58.7 Å².